The van der Waals surface area contributed by atoms with Crippen molar-refractivity contribution < 1.29 is 28.2 Å². The molecule has 0 aliphatic carbocycles. The van der Waals surface area contributed by atoms with E-state index >= 15 is 0 Å². The number of rotatable bonds is 3. The van der Waals surface area contributed by atoms with E-state index in [4.69, 9.17) is 5.73 Å². The number of carboxylic acids is 1. The van der Waals surface area contributed by atoms with E-state index < -0.39 is 52.2 Å². The summed E-state index contributed by atoms with van der Waals surface area (Å²) in [5.74, 6) is -5.87. The summed E-state index contributed by atoms with van der Waals surface area (Å²) in [5, 5.41) is 18.6. The van der Waals surface area contributed by atoms with E-state index in [1.165, 1.54) is 11.8 Å². The molecule has 1 radical (unpaired) electrons. The number of nitrogens with zero attached hydrogens (tertiary/aromatic N) is 3. The molecule has 8 nitrogen and oxygen atoms in total. The number of hydrogen-bond acceptors (Lipinski definition) is 6. The third kappa shape index (κ3) is 3.67. The van der Waals surface area contributed by atoms with Gasteiger partial charge >= 0.3 is 5.97 Å². The average Bonchev–Trinajstić information content (AvgIpc) is 2.64. The van der Waals surface area contributed by atoms with Crippen LogP contribution in [-0.4, -0.2) is 74.5 Å². The molecule has 0 atom stereocenters. The molecule has 4 rings (SSSR count). The van der Waals surface area contributed by atoms with Crippen LogP contribution in [0.2, 0.25) is 0 Å². The topological polar surface area (TPSA) is 122 Å². The maximum absolute atomic E-state index is 14.8. The van der Waals surface area contributed by atoms with E-state index in [0.29, 0.717) is 6.07 Å². The Labute approximate surface area is 195 Å². The Balaban J connectivity index is 0.00000272. The zero-order valence-electron chi connectivity index (χ0n) is 16.5. The van der Waals surface area contributed by atoms with Crippen LogP contribution in [0.15, 0.2) is 23.1 Å². The van der Waals surface area contributed by atoms with E-state index in [0.717, 1.165) is 16.8 Å². The van der Waals surface area contributed by atoms with Crippen molar-refractivity contribution in [2.45, 2.75) is 13.0 Å². The van der Waals surface area contributed by atoms with E-state index in [9.17, 15) is 33.0 Å². The van der Waals surface area contributed by atoms with Crippen molar-refractivity contribution in [2.24, 2.45) is 0 Å². The van der Waals surface area contributed by atoms with Gasteiger partial charge in [0, 0.05) is 60.5 Å². The van der Waals surface area contributed by atoms with Crippen molar-refractivity contribution in [3.63, 3.8) is 0 Å². The second-order valence-electron chi connectivity index (χ2n) is 6.99. The molecule has 157 valence electrons. The molecule has 31 heavy (non-hydrogen) atoms. The quantitative estimate of drug-likeness (QED) is 0.520. The molecule has 1 aliphatic rings. The van der Waals surface area contributed by atoms with Crippen molar-refractivity contribution >= 4 is 57.9 Å². The van der Waals surface area contributed by atoms with Gasteiger partial charge in [0.25, 0.3) is 0 Å². The Kier molecular flexibility index (Phi) is 6.07. The van der Waals surface area contributed by atoms with Gasteiger partial charge in [-0.05, 0) is 13.0 Å². The second-order valence-corrected chi connectivity index (χ2v) is 6.99. The van der Waals surface area contributed by atoms with Crippen molar-refractivity contribution in [2.75, 3.05) is 23.7 Å². The van der Waals surface area contributed by atoms with Gasteiger partial charge in [0.1, 0.15) is 11.4 Å². The number of anilines is 2. The first-order valence-electron chi connectivity index (χ1n) is 8.76. The van der Waals surface area contributed by atoms with Gasteiger partial charge in [-0.25, -0.2) is 22.9 Å². The number of aliphatic hydroxyl groups is 1. The van der Waals surface area contributed by atoms with Crippen LogP contribution in [0.4, 0.5) is 24.7 Å². The van der Waals surface area contributed by atoms with Crippen molar-refractivity contribution in [1.29, 1.82) is 0 Å². The maximum Gasteiger partial charge on any atom is 0.341 e. The van der Waals surface area contributed by atoms with Crippen LogP contribution in [0.25, 0.3) is 16.7 Å². The normalized spacial score (nSPS) is 13.8. The standard InChI is InChI=1S/C19H15F3N4O4.Na/c1-7-14-9(2-11(20)15(7)25-4-8(27)5-25)16(28)10(19(29)30)6-26(14)18-13(22)3-12(21)17(23)24-18;/h2-3,6,8,27H,4-5H2,1H3,(H2,23,24)(H,29,30);. The number of pyridine rings is 2. The summed E-state index contributed by atoms with van der Waals surface area (Å²) in [6.45, 7) is 1.76. The van der Waals surface area contributed by atoms with Crippen LogP contribution in [0.5, 0.6) is 0 Å². The Bertz CT molecular complexity index is 1290. The number of carbonyl (C=O) groups is 1. The first-order chi connectivity index (χ1) is 14.1. The average molecular weight is 443 g/mol. The van der Waals surface area contributed by atoms with E-state index in [2.05, 4.69) is 4.98 Å². The summed E-state index contributed by atoms with van der Waals surface area (Å²) in [4.78, 5) is 29.4. The van der Waals surface area contributed by atoms with Crippen LogP contribution >= 0.6 is 0 Å². The molecule has 3 heterocycles. The smallest absolute Gasteiger partial charge is 0.341 e. The SMILES string of the molecule is Cc1c(N2CC(O)C2)c(F)cc2c(=O)c(C(=O)O)cn(-c3nc(N)c(F)cc3F)c12.[Na]. The van der Waals surface area contributed by atoms with Gasteiger partial charge in [-0.1, -0.05) is 0 Å². The number of nitrogen functional groups attached to an aromatic ring is 1. The Morgan fingerprint density at radius 3 is 2.42 bits per heavy atom. The van der Waals surface area contributed by atoms with Crippen molar-refractivity contribution in [3.8, 4) is 5.82 Å². The number of hydrogen-bond donors (Lipinski definition) is 3. The fourth-order valence-electron chi connectivity index (χ4n) is 3.62. The van der Waals surface area contributed by atoms with E-state index in [1.54, 1.807) is 0 Å². The number of nitrogens with two attached hydrogens (primary N) is 1. The molecule has 1 fully saturated rings. The summed E-state index contributed by atoms with van der Waals surface area (Å²) < 4.78 is 43.9. The summed E-state index contributed by atoms with van der Waals surface area (Å²) in [5.41, 5.74) is 3.97. The molecule has 2 aromatic heterocycles. The van der Waals surface area contributed by atoms with Gasteiger partial charge < -0.3 is 20.8 Å². The monoisotopic (exact) mass is 443 g/mol. The number of β-amino-alcohol motifs (C(OH)–C–C–N with tert-alkyl or cyclic N) is 1. The molecule has 0 amide bonds. The van der Waals surface area contributed by atoms with Gasteiger partial charge in [-0.2, -0.15) is 0 Å². The summed E-state index contributed by atoms with van der Waals surface area (Å²) >= 11 is 0. The zero-order chi connectivity index (χ0) is 21.9. The van der Waals surface area contributed by atoms with Crippen LogP contribution in [0.3, 0.4) is 0 Å². The first-order valence-corrected chi connectivity index (χ1v) is 8.76. The molecule has 0 unspecified atom stereocenters. The number of benzene rings is 1. The Hall–Kier alpha value is -2.60. The van der Waals surface area contributed by atoms with Crippen LogP contribution in [0.1, 0.15) is 15.9 Å². The molecule has 3 aromatic rings. The van der Waals surface area contributed by atoms with Gasteiger partial charge in [-0.15, -0.1) is 0 Å². The second kappa shape index (κ2) is 8.15. The Morgan fingerprint density at radius 1 is 1.19 bits per heavy atom. The Morgan fingerprint density at radius 2 is 1.84 bits per heavy atom. The number of aromatic nitrogens is 2. The number of aryl methyl sites for hydroxylation is 1. The number of fused-ring (bicyclic) bond motifs is 1. The first kappa shape index (κ1) is 23.1. The molecule has 1 saturated heterocycles. The number of aliphatic hydroxyl groups excluding tert-OH is 1. The largest absolute Gasteiger partial charge is 0.477 e. The van der Waals surface area contributed by atoms with Gasteiger partial charge in [-0.3, -0.25) is 9.36 Å². The fraction of sp³-hybridized carbons (Fsp3) is 0.211. The third-order valence-corrected chi connectivity index (χ3v) is 5.03. The fourth-order valence-corrected chi connectivity index (χ4v) is 3.62. The third-order valence-electron chi connectivity index (χ3n) is 5.03. The number of aromatic carboxylic acids is 1. The molecule has 1 aliphatic heterocycles. The molecule has 12 heteroatoms. The van der Waals surface area contributed by atoms with Crippen LogP contribution in [0, 0.1) is 24.4 Å². The summed E-state index contributed by atoms with van der Waals surface area (Å²) in [7, 11) is 0. The minimum absolute atomic E-state index is 0. The van der Waals surface area contributed by atoms with Crippen LogP contribution < -0.4 is 16.1 Å². The number of carboxylic acid groups (broad SMARTS) is 1. The molecule has 0 saturated carbocycles. The minimum atomic E-state index is -1.61. The predicted octanol–water partition coefficient (Wildman–Crippen LogP) is 1.19. The number of halogens is 3. The van der Waals surface area contributed by atoms with Crippen LogP contribution in [-0.2, 0) is 0 Å². The predicted molar refractivity (Wildman–Crippen MR) is 107 cm³/mol. The van der Waals surface area contributed by atoms with Gasteiger partial charge in [0.15, 0.2) is 23.3 Å². The molecular formula is C19H15F3N4NaO4. The molecular weight excluding hydrogens is 428 g/mol. The molecule has 1 aromatic carbocycles. The zero-order valence-corrected chi connectivity index (χ0v) is 18.5. The maximum atomic E-state index is 14.8. The van der Waals surface area contributed by atoms with E-state index in [-0.39, 0.29) is 64.8 Å². The van der Waals surface area contributed by atoms with Gasteiger partial charge in [0.05, 0.1) is 22.7 Å². The van der Waals surface area contributed by atoms with E-state index in [1.807, 2.05) is 0 Å². The van der Waals surface area contributed by atoms with Crippen molar-refractivity contribution in [1.82, 2.24) is 9.55 Å². The van der Waals surface area contributed by atoms with Crippen molar-refractivity contribution in [3.05, 3.63) is 57.1 Å². The molecule has 4 N–H and O–H groups in total. The molecule has 0 spiro atoms. The summed E-state index contributed by atoms with van der Waals surface area (Å²) in [6, 6.07) is 1.34. The summed E-state index contributed by atoms with van der Waals surface area (Å²) in [6.07, 6.45) is 0.196. The molecule has 0 bridgehead atoms. The van der Waals surface area contributed by atoms with Gasteiger partial charge in [0.2, 0.25) is 5.43 Å². The minimum Gasteiger partial charge on any atom is -0.477 e.